The summed E-state index contributed by atoms with van der Waals surface area (Å²) in [5, 5.41) is 9.50. The second-order valence-corrected chi connectivity index (χ2v) is 6.80. The number of hydrogen-bond donors (Lipinski definition) is 3. The van der Waals surface area contributed by atoms with Crippen LogP contribution in [0, 0.1) is 6.92 Å². The van der Waals surface area contributed by atoms with E-state index in [2.05, 4.69) is 57.0 Å². The van der Waals surface area contributed by atoms with Crippen LogP contribution in [0.2, 0.25) is 0 Å². The predicted molar refractivity (Wildman–Crippen MR) is 110 cm³/mol. The topological polar surface area (TPSA) is 78.0 Å². The predicted octanol–water partition coefficient (Wildman–Crippen LogP) is 1.28. The van der Waals surface area contributed by atoms with Crippen LogP contribution < -0.4 is 20.9 Å². The highest BCUT2D eigenvalue weighted by atomic mass is 16.5. The maximum absolute atomic E-state index is 11.8. The van der Waals surface area contributed by atoms with Crippen LogP contribution in [-0.2, 0) is 9.53 Å². The lowest BCUT2D eigenvalue weighted by Gasteiger charge is -2.35. The molecule has 1 aromatic carbocycles. The maximum Gasteiger partial charge on any atom is 0.241 e. The molecule has 0 saturated carbocycles. The van der Waals surface area contributed by atoms with Gasteiger partial charge in [-0.1, -0.05) is 17.7 Å². The third-order valence-electron chi connectivity index (χ3n) is 4.51. The fourth-order valence-electron chi connectivity index (χ4n) is 3.10. The number of amides is 1. The standard InChI is InChI=1S/C20H33N5O2/c1-4-21-20(23-14-19(26)22-11-13-27-3)24-17-6-5-12-25(15-17)18-9-7-16(2)8-10-18/h7-10,17H,4-6,11-15H2,1-3H3,(H,22,26)(H2,21,23,24). The minimum Gasteiger partial charge on any atom is -0.383 e. The Kier molecular flexibility index (Phi) is 8.91. The van der Waals surface area contributed by atoms with Crippen LogP contribution in [-0.4, -0.2) is 64.3 Å². The van der Waals surface area contributed by atoms with Gasteiger partial charge in [-0.25, -0.2) is 4.99 Å². The van der Waals surface area contributed by atoms with E-state index in [0.717, 1.165) is 32.5 Å². The van der Waals surface area contributed by atoms with Crippen LogP contribution in [0.1, 0.15) is 25.3 Å². The number of nitrogens with one attached hydrogen (secondary N) is 3. The fraction of sp³-hybridized carbons (Fsp3) is 0.600. The first-order valence-corrected chi connectivity index (χ1v) is 9.74. The highest BCUT2D eigenvalue weighted by Gasteiger charge is 2.21. The molecule has 1 fully saturated rings. The Bertz CT molecular complexity index is 603. The van der Waals surface area contributed by atoms with Crippen molar-refractivity contribution >= 4 is 17.6 Å². The van der Waals surface area contributed by atoms with E-state index in [9.17, 15) is 4.79 Å². The van der Waals surface area contributed by atoms with Gasteiger partial charge in [0.2, 0.25) is 5.91 Å². The number of ether oxygens (including phenoxy) is 1. The second kappa shape index (κ2) is 11.4. The van der Waals surface area contributed by atoms with Gasteiger partial charge in [-0.15, -0.1) is 0 Å². The number of rotatable bonds is 8. The first kappa shape index (κ1) is 21.0. The van der Waals surface area contributed by atoms with Gasteiger partial charge in [0.1, 0.15) is 6.54 Å². The number of aryl methyl sites for hydroxylation is 1. The minimum atomic E-state index is -0.103. The zero-order chi connectivity index (χ0) is 19.5. The third kappa shape index (κ3) is 7.46. The van der Waals surface area contributed by atoms with Crippen molar-refractivity contribution in [3.63, 3.8) is 0 Å². The molecule has 0 bridgehead atoms. The van der Waals surface area contributed by atoms with E-state index >= 15 is 0 Å². The average Bonchev–Trinajstić information content (AvgIpc) is 2.67. The summed E-state index contributed by atoms with van der Waals surface area (Å²) in [5.74, 6) is 0.587. The third-order valence-corrected chi connectivity index (χ3v) is 4.51. The zero-order valence-corrected chi connectivity index (χ0v) is 16.8. The Morgan fingerprint density at radius 3 is 2.78 bits per heavy atom. The van der Waals surface area contributed by atoms with E-state index in [1.165, 1.54) is 11.3 Å². The van der Waals surface area contributed by atoms with Crippen LogP contribution in [0.4, 0.5) is 5.69 Å². The quantitative estimate of drug-likeness (QED) is 0.362. The van der Waals surface area contributed by atoms with Crippen LogP contribution >= 0.6 is 0 Å². The molecule has 7 heteroatoms. The number of carbonyl (C=O) groups is 1. The molecule has 2 rings (SSSR count). The summed E-state index contributed by atoms with van der Waals surface area (Å²) >= 11 is 0. The molecular formula is C20H33N5O2. The van der Waals surface area contributed by atoms with Crippen molar-refractivity contribution < 1.29 is 9.53 Å². The summed E-state index contributed by atoms with van der Waals surface area (Å²) in [4.78, 5) is 18.7. The molecule has 1 saturated heterocycles. The highest BCUT2D eigenvalue weighted by molar-refractivity contribution is 5.85. The molecule has 0 radical (unpaired) electrons. The van der Waals surface area contributed by atoms with Crippen molar-refractivity contribution in [2.45, 2.75) is 32.7 Å². The fourth-order valence-corrected chi connectivity index (χ4v) is 3.10. The van der Waals surface area contributed by atoms with Crippen molar-refractivity contribution in [1.29, 1.82) is 0 Å². The van der Waals surface area contributed by atoms with Crippen LogP contribution in [0.3, 0.4) is 0 Å². The van der Waals surface area contributed by atoms with Crippen molar-refractivity contribution in [3.05, 3.63) is 29.8 Å². The Hall–Kier alpha value is -2.28. The van der Waals surface area contributed by atoms with E-state index < -0.39 is 0 Å². The molecule has 1 heterocycles. The molecule has 1 atom stereocenters. The number of aliphatic imine (C=N–C) groups is 1. The molecule has 0 aromatic heterocycles. The van der Waals surface area contributed by atoms with Gasteiger partial charge in [0.25, 0.3) is 0 Å². The van der Waals surface area contributed by atoms with Gasteiger partial charge in [-0.3, -0.25) is 4.79 Å². The monoisotopic (exact) mass is 375 g/mol. The van der Waals surface area contributed by atoms with Gasteiger partial charge in [0, 0.05) is 45.0 Å². The van der Waals surface area contributed by atoms with Gasteiger partial charge in [0.05, 0.1) is 6.61 Å². The number of piperidine rings is 1. The Balaban J connectivity index is 1.89. The molecule has 1 amide bonds. The molecule has 3 N–H and O–H groups in total. The molecule has 1 aromatic rings. The Morgan fingerprint density at radius 2 is 2.07 bits per heavy atom. The number of benzene rings is 1. The van der Waals surface area contributed by atoms with Gasteiger partial charge >= 0.3 is 0 Å². The summed E-state index contributed by atoms with van der Waals surface area (Å²) in [7, 11) is 1.61. The molecule has 0 spiro atoms. The first-order chi connectivity index (χ1) is 13.1. The number of anilines is 1. The van der Waals surface area contributed by atoms with E-state index in [0.29, 0.717) is 25.2 Å². The van der Waals surface area contributed by atoms with E-state index in [-0.39, 0.29) is 12.5 Å². The van der Waals surface area contributed by atoms with Crippen molar-refractivity contribution in [2.24, 2.45) is 4.99 Å². The van der Waals surface area contributed by atoms with Crippen molar-refractivity contribution in [2.75, 3.05) is 51.3 Å². The molecule has 0 aliphatic carbocycles. The summed E-state index contributed by atoms with van der Waals surface area (Å²) in [6.45, 7) is 7.99. The molecule has 7 nitrogen and oxygen atoms in total. The summed E-state index contributed by atoms with van der Waals surface area (Å²) in [5.41, 5.74) is 2.53. The van der Waals surface area contributed by atoms with Gasteiger partial charge in [-0.05, 0) is 38.8 Å². The normalized spacial score (nSPS) is 17.5. The number of hydrogen-bond acceptors (Lipinski definition) is 4. The van der Waals surface area contributed by atoms with E-state index in [1.807, 2.05) is 6.92 Å². The second-order valence-electron chi connectivity index (χ2n) is 6.80. The zero-order valence-electron chi connectivity index (χ0n) is 16.8. The van der Waals surface area contributed by atoms with Crippen LogP contribution in [0.5, 0.6) is 0 Å². The number of methoxy groups -OCH3 is 1. The molecule has 150 valence electrons. The maximum atomic E-state index is 11.8. The first-order valence-electron chi connectivity index (χ1n) is 9.74. The molecule has 1 aliphatic rings. The van der Waals surface area contributed by atoms with Crippen LogP contribution in [0.15, 0.2) is 29.3 Å². The van der Waals surface area contributed by atoms with Crippen LogP contribution in [0.25, 0.3) is 0 Å². The van der Waals surface area contributed by atoms with Gasteiger partial charge in [0.15, 0.2) is 5.96 Å². The number of guanidine groups is 1. The van der Waals surface area contributed by atoms with Crippen molar-refractivity contribution in [1.82, 2.24) is 16.0 Å². The highest BCUT2D eigenvalue weighted by Crippen LogP contribution is 2.20. The minimum absolute atomic E-state index is 0.103. The lowest BCUT2D eigenvalue weighted by atomic mass is 10.0. The molecule has 1 unspecified atom stereocenters. The summed E-state index contributed by atoms with van der Waals surface area (Å²) in [6.07, 6.45) is 2.22. The summed E-state index contributed by atoms with van der Waals surface area (Å²) in [6, 6.07) is 8.97. The van der Waals surface area contributed by atoms with E-state index in [4.69, 9.17) is 4.74 Å². The Morgan fingerprint density at radius 1 is 1.30 bits per heavy atom. The van der Waals surface area contributed by atoms with Crippen molar-refractivity contribution in [3.8, 4) is 0 Å². The molecular weight excluding hydrogens is 342 g/mol. The molecule has 27 heavy (non-hydrogen) atoms. The number of nitrogens with zero attached hydrogens (tertiary/aromatic N) is 2. The average molecular weight is 376 g/mol. The molecule has 1 aliphatic heterocycles. The van der Waals surface area contributed by atoms with E-state index in [1.54, 1.807) is 7.11 Å². The largest absolute Gasteiger partial charge is 0.383 e. The summed E-state index contributed by atoms with van der Waals surface area (Å²) < 4.78 is 4.93. The SMILES string of the molecule is CCNC(=NCC(=O)NCCOC)NC1CCCN(c2ccc(C)cc2)C1. The van der Waals surface area contributed by atoms with Gasteiger partial charge in [-0.2, -0.15) is 0 Å². The number of carbonyl (C=O) groups excluding carboxylic acids is 1. The lowest BCUT2D eigenvalue weighted by Crippen LogP contribution is -2.51. The smallest absolute Gasteiger partial charge is 0.241 e. The Labute approximate surface area is 162 Å². The van der Waals surface area contributed by atoms with Gasteiger partial charge < -0.3 is 25.6 Å². The lowest BCUT2D eigenvalue weighted by molar-refractivity contribution is -0.119.